The smallest absolute Gasteiger partial charge is 0.351 e. The molecule has 0 saturated carbocycles. The molecule has 1 unspecified atom stereocenters. The van der Waals surface area contributed by atoms with E-state index < -0.39 is 11.6 Å². The average molecular weight is 257 g/mol. The van der Waals surface area contributed by atoms with Gasteiger partial charge in [0.15, 0.2) is 5.60 Å². The lowest BCUT2D eigenvalue weighted by Crippen LogP contribution is -2.29. The van der Waals surface area contributed by atoms with Gasteiger partial charge < -0.3 is 4.74 Å². The maximum absolute atomic E-state index is 11.5. The van der Waals surface area contributed by atoms with E-state index in [2.05, 4.69) is 0 Å². The van der Waals surface area contributed by atoms with Gasteiger partial charge in [0.1, 0.15) is 5.03 Å². The van der Waals surface area contributed by atoms with Crippen molar-refractivity contribution in [2.45, 2.75) is 12.5 Å². The summed E-state index contributed by atoms with van der Waals surface area (Å²) in [5.41, 5.74) is 0.688. The number of cyclic esters (lactones) is 1. The van der Waals surface area contributed by atoms with E-state index in [9.17, 15) is 4.79 Å². The Balaban J connectivity index is 2.56. The second kappa shape index (κ2) is 4.11. The van der Waals surface area contributed by atoms with Crippen LogP contribution in [0.1, 0.15) is 12.5 Å². The van der Waals surface area contributed by atoms with Crippen LogP contribution in [0, 0.1) is 0 Å². The highest BCUT2D eigenvalue weighted by atomic mass is 35.5. The van der Waals surface area contributed by atoms with Crippen molar-refractivity contribution in [1.82, 2.24) is 0 Å². The molecule has 0 bridgehead atoms. The van der Waals surface area contributed by atoms with Gasteiger partial charge in [-0.25, -0.2) is 4.79 Å². The van der Waals surface area contributed by atoms with Gasteiger partial charge in [-0.05, 0) is 12.5 Å². The van der Waals surface area contributed by atoms with Crippen molar-refractivity contribution in [1.29, 1.82) is 0 Å². The van der Waals surface area contributed by atoms with E-state index in [0.717, 1.165) is 5.56 Å². The van der Waals surface area contributed by atoms with Crippen LogP contribution < -0.4 is 0 Å². The van der Waals surface area contributed by atoms with Crippen molar-refractivity contribution in [3.63, 3.8) is 0 Å². The molecular formula is C12H10Cl2O2. The first kappa shape index (κ1) is 11.5. The molecule has 1 atom stereocenters. The predicted molar refractivity (Wildman–Crippen MR) is 64.4 cm³/mol. The Bertz CT molecular complexity index is 453. The molecule has 0 spiro atoms. The second-order valence-corrected chi connectivity index (χ2v) is 4.45. The van der Waals surface area contributed by atoms with Gasteiger partial charge in [0.25, 0.3) is 0 Å². The first-order chi connectivity index (χ1) is 7.58. The maximum Gasteiger partial charge on any atom is 0.351 e. The Labute approximate surface area is 104 Å². The minimum Gasteiger partial charge on any atom is -0.449 e. The molecule has 1 aliphatic rings. The third kappa shape index (κ3) is 1.72. The van der Waals surface area contributed by atoms with E-state index >= 15 is 0 Å². The van der Waals surface area contributed by atoms with Gasteiger partial charge in [-0.3, -0.25) is 0 Å². The van der Waals surface area contributed by atoms with E-state index in [1.54, 1.807) is 6.92 Å². The van der Waals surface area contributed by atoms with Crippen LogP contribution in [0.2, 0.25) is 0 Å². The van der Waals surface area contributed by atoms with Crippen LogP contribution in [0.15, 0.2) is 35.4 Å². The molecule has 0 saturated heterocycles. The Morgan fingerprint density at radius 2 is 1.94 bits per heavy atom. The fourth-order valence-corrected chi connectivity index (χ4v) is 2.30. The molecule has 1 aliphatic heterocycles. The number of ether oxygens (including phenoxy) is 1. The second-order valence-electron chi connectivity index (χ2n) is 3.81. The van der Waals surface area contributed by atoms with Gasteiger partial charge in [0.05, 0.1) is 5.88 Å². The number of hydrogen-bond acceptors (Lipinski definition) is 2. The molecule has 0 amide bonds. The van der Waals surface area contributed by atoms with Crippen molar-refractivity contribution in [2.24, 2.45) is 0 Å². The lowest BCUT2D eigenvalue weighted by Gasteiger charge is -2.23. The Kier molecular flexibility index (Phi) is 2.96. The van der Waals surface area contributed by atoms with Gasteiger partial charge in [-0.2, -0.15) is 0 Å². The molecule has 0 radical (unpaired) electrons. The number of esters is 1. The highest BCUT2D eigenvalue weighted by Crippen LogP contribution is 2.41. The highest BCUT2D eigenvalue weighted by molar-refractivity contribution is 6.46. The molecule has 2 rings (SSSR count). The summed E-state index contributed by atoms with van der Waals surface area (Å²) >= 11 is 11.8. The topological polar surface area (TPSA) is 26.3 Å². The summed E-state index contributed by atoms with van der Waals surface area (Å²) in [6.45, 7) is 1.76. The zero-order valence-corrected chi connectivity index (χ0v) is 10.2. The van der Waals surface area contributed by atoms with Crippen molar-refractivity contribution in [3.05, 3.63) is 40.9 Å². The van der Waals surface area contributed by atoms with Gasteiger partial charge in [-0.15, -0.1) is 11.6 Å². The number of hydrogen-bond donors (Lipinski definition) is 0. The van der Waals surface area contributed by atoms with Crippen molar-refractivity contribution in [2.75, 3.05) is 5.88 Å². The standard InChI is InChI=1S/C12H10Cl2O2/c1-12(7-13)9(10(14)11(15)16-12)8-5-3-2-4-6-8/h2-6H,7H2,1H3. The summed E-state index contributed by atoms with van der Waals surface area (Å²) in [5.74, 6) is -0.331. The van der Waals surface area contributed by atoms with Crippen LogP contribution >= 0.6 is 23.2 Å². The van der Waals surface area contributed by atoms with Gasteiger partial charge in [0.2, 0.25) is 0 Å². The lowest BCUT2D eigenvalue weighted by atomic mass is 9.92. The van der Waals surface area contributed by atoms with Crippen LogP contribution in [-0.2, 0) is 9.53 Å². The first-order valence-corrected chi connectivity index (χ1v) is 5.75. The SMILES string of the molecule is CC1(CCl)OC(=O)C(Cl)=C1c1ccccc1. The third-order valence-electron chi connectivity index (χ3n) is 2.56. The number of carbonyl (C=O) groups excluding carboxylic acids is 1. The maximum atomic E-state index is 11.5. The van der Waals surface area contributed by atoms with Gasteiger partial charge in [0, 0.05) is 5.57 Å². The molecule has 1 aromatic carbocycles. The minimum atomic E-state index is -0.836. The molecule has 0 aromatic heterocycles. The molecule has 1 heterocycles. The summed E-state index contributed by atoms with van der Waals surface area (Å²) in [7, 11) is 0. The molecular weight excluding hydrogens is 247 g/mol. The highest BCUT2D eigenvalue weighted by Gasteiger charge is 2.43. The van der Waals surface area contributed by atoms with E-state index in [4.69, 9.17) is 27.9 Å². The average Bonchev–Trinajstić information content (AvgIpc) is 2.52. The first-order valence-electron chi connectivity index (χ1n) is 4.83. The number of benzene rings is 1. The molecule has 1 aromatic rings. The monoisotopic (exact) mass is 256 g/mol. The molecule has 4 heteroatoms. The van der Waals surface area contributed by atoms with E-state index in [0.29, 0.717) is 5.57 Å². The molecule has 0 fully saturated rings. The van der Waals surface area contributed by atoms with Crippen molar-refractivity contribution < 1.29 is 9.53 Å². The molecule has 84 valence electrons. The summed E-state index contributed by atoms with van der Waals surface area (Å²) in [4.78, 5) is 11.5. The summed E-state index contributed by atoms with van der Waals surface area (Å²) in [6.07, 6.45) is 0. The summed E-state index contributed by atoms with van der Waals surface area (Å²) in [5, 5.41) is 0.120. The minimum absolute atomic E-state index is 0.120. The number of alkyl halides is 1. The van der Waals surface area contributed by atoms with Crippen LogP contribution in [0.5, 0.6) is 0 Å². The zero-order valence-electron chi connectivity index (χ0n) is 8.67. The van der Waals surface area contributed by atoms with Gasteiger partial charge >= 0.3 is 5.97 Å². The molecule has 16 heavy (non-hydrogen) atoms. The Hall–Kier alpha value is -0.990. The van der Waals surface area contributed by atoms with Crippen LogP contribution in [0.3, 0.4) is 0 Å². The number of carbonyl (C=O) groups is 1. The molecule has 2 nitrogen and oxygen atoms in total. The van der Waals surface area contributed by atoms with Crippen molar-refractivity contribution in [3.8, 4) is 0 Å². The summed E-state index contributed by atoms with van der Waals surface area (Å²) < 4.78 is 5.20. The Morgan fingerprint density at radius 3 is 2.50 bits per heavy atom. The van der Waals surface area contributed by atoms with Crippen LogP contribution in [-0.4, -0.2) is 17.5 Å². The fraction of sp³-hybridized carbons (Fsp3) is 0.250. The zero-order chi connectivity index (χ0) is 11.8. The number of halogens is 2. The fourth-order valence-electron chi connectivity index (χ4n) is 1.77. The lowest BCUT2D eigenvalue weighted by molar-refractivity contribution is -0.143. The Morgan fingerprint density at radius 1 is 1.31 bits per heavy atom. The largest absolute Gasteiger partial charge is 0.449 e. The van der Waals surface area contributed by atoms with Crippen molar-refractivity contribution >= 4 is 34.7 Å². The van der Waals surface area contributed by atoms with Gasteiger partial charge in [-0.1, -0.05) is 41.9 Å². The normalized spacial score (nSPS) is 24.8. The number of rotatable bonds is 2. The van der Waals surface area contributed by atoms with E-state index in [1.807, 2.05) is 30.3 Å². The van der Waals surface area contributed by atoms with E-state index in [1.165, 1.54) is 0 Å². The third-order valence-corrected chi connectivity index (χ3v) is 3.42. The van der Waals surface area contributed by atoms with Crippen LogP contribution in [0.4, 0.5) is 0 Å². The van der Waals surface area contributed by atoms with E-state index in [-0.39, 0.29) is 10.9 Å². The quantitative estimate of drug-likeness (QED) is 0.600. The predicted octanol–water partition coefficient (Wildman–Crippen LogP) is 3.19. The van der Waals surface area contributed by atoms with Crippen LogP contribution in [0.25, 0.3) is 5.57 Å². The molecule has 0 aliphatic carbocycles. The molecule has 0 N–H and O–H groups in total. The summed E-state index contributed by atoms with van der Waals surface area (Å²) in [6, 6.07) is 9.41.